The molecule has 2 amide bonds. The number of methoxy groups -OCH3 is 1. The first kappa shape index (κ1) is 20.6. The second-order valence-corrected chi connectivity index (χ2v) is 6.19. The van der Waals surface area contributed by atoms with Gasteiger partial charge in [-0.2, -0.15) is 5.10 Å². The standard InChI is InChI=1S/C23H21N3O4/c1-29-19-12-10-18(11-13-19)23(28)24-16-22(27)26-25-15-17-6-5-9-21(14-17)30-20-7-3-2-4-8-20/h2-15H,16H2,1H3,(H,24,28)(H,26,27)/b25-15-. The molecular formula is C23H21N3O4. The SMILES string of the molecule is COc1ccc(C(=O)NCC(=O)N/N=C\c2cccc(Oc3ccccc3)c2)cc1. The molecule has 0 heterocycles. The van der Waals surface area contributed by atoms with Crippen molar-refractivity contribution in [1.82, 2.24) is 10.7 Å². The number of nitrogens with zero attached hydrogens (tertiary/aromatic N) is 1. The van der Waals surface area contributed by atoms with E-state index in [2.05, 4.69) is 15.8 Å². The van der Waals surface area contributed by atoms with Gasteiger partial charge in [0.15, 0.2) is 0 Å². The van der Waals surface area contributed by atoms with Crippen molar-refractivity contribution >= 4 is 18.0 Å². The van der Waals surface area contributed by atoms with Crippen LogP contribution in [0.3, 0.4) is 0 Å². The van der Waals surface area contributed by atoms with Crippen LogP contribution in [0.4, 0.5) is 0 Å². The number of ether oxygens (including phenoxy) is 2. The molecule has 0 atom stereocenters. The van der Waals surface area contributed by atoms with Crippen LogP contribution < -0.4 is 20.2 Å². The van der Waals surface area contributed by atoms with Crippen molar-refractivity contribution in [1.29, 1.82) is 0 Å². The molecule has 2 N–H and O–H groups in total. The Bertz CT molecular complexity index is 1020. The van der Waals surface area contributed by atoms with Gasteiger partial charge < -0.3 is 14.8 Å². The molecule has 0 saturated carbocycles. The first-order valence-electron chi connectivity index (χ1n) is 9.21. The molecule has 0 unspecified atom stereocenters. The number of rotatable bonds is 8. The monoisotopic (exact) mass is 403 g/mol. The Balaban J connectivity index is 1.47. The van der Waals surface area contributed by atoms with Crippen molar-refractivity contribution in [3.05, 3.63) is 90.0 Å². The largest absolute Gasteiger partial charge is 0.497 e. The Hall–Kier alpha value is -4.13. The van der Waals surface area contributed by atoms with Crippen molar-refractivity contribution in [3.63, 3.8) is 0 Å². The lowest BCUT2D eigenvalue weighted by atomic mass is 10.2. The van der Waals surface area contributed by atoms with Crippen molar-refractivity contribution in [2.75, 3.05) is 13.7 Å². The number of amides is 2. The number of hydrogen-bond donors (Lipinski definition) is 2. The van der Waals surface area contributed by atoms with Crippen molar-refractivity contribution in [3.8, 4) is 17.2 Å². The molecule has 0 saturated heterocycles. The van der Waals surface area contributed by atoms with Crippen LogP contribution in [0.1, 0.15) is 15.9 Å². The third-order valence-corrected chi connectivity index (χ3v) is 4.00. The fourth-order valence-corrected chi connectivity index (χ4v) is 2.51. The van der Waals surface area contributed by atoms with Crippen LogP contribution in [0, 0.1) is 0 Å². The predicted molar refractivity (Wildman–Crippen MR) is 114 cm³/mol. The number of hydrogen-bond acceptors (Lipinski definition) is 5. The van der Waals surface area contributed by atoms with E-state index in [4.69, 9.17) is 9.47 Å². The molecule has 0 aromatic heterocycles. The zero-order chi connectivity index (χ0) is 21.2. The Morgan fingerprint density at radius 2 is 1.63 bits per heavy atom. The summed E-state index contributed by atoms with van der Waals surface area (Å²) >= 11 is 0. The van der Waals surface area contributed by atoms with Crippen molar-refractivity contribution in [2.24, 2.45) is 5.10 Å². The maximum absolute atomic E-state index is 12.0. The molecule has 30 heavy (non-hydrogen) atoms. The topological polar surface area (TPSA) is 89.0 Å². The Kier molecular flexibility index (Phi) is 7.16. The van der Waals surface area contributed by atoms with Crippen LogP contribution in [0.15, 0.2) is 84.0 Å². The molecule has 0 bridgehead atoms. The minimum absolute atomic E-state index is 0.195. The van der Waals surface area contributed by atoms with E-state index in [9.17, 15) is 9.59 Å². The Labute approximate surface area is 174 Å². The third kappa shape index (κ3) is 6.20. The normalized spacial score (nSPS) is 10.4. The zero-order valence-electron chi connectivity index (χ0n) is 16.4. The van der Waals surface area contributed by atoms with Crippen LogP contribution in [0.25, 0.3) is 0 Å². The minimum Gasteiger partial charge on any atom is -0.497 e. The average Bonchev–Trinajstić information content (AvgIpc) is 2.78. The number of nitrogens with one attached hydrogen (secondary N) is 2. The van der Waals surface area contributed by atoms with Gasteiger partial charge in [0.2, 0.25) is 0 Å². The molecule has 7 heteroatoms. The van der Waals surface area contributed by atoms with Gasteiger partial charge in [0.1, 0.15) is 17.2 Å². The molecule has 0 aliphatic rings. The summed E-state index contributed by atoms with van der Waals surface area (Å²) < 4.78 is 10.8. The molecule has 3 aromatic carbocycles. The molecule has 0 fully saturated rings. The van der Waals surface area contributed by atoms with Gasteiger partial charge in [0.05, 0.1) is 19.9 Å². The van der Waals surface area contributed by atoms with Crippen LogP contribution in [0.5, 0.6) is 17.2 Å². The summed E-state index contributed by atoms with van der Waals surface area (Å²) in [6.07, 6.45) is 1.50. The predicted octanol–water partition coefficient (Wildman–Crippen LogP) is 3.37. The quantitative estimate of drug-likeness (QED) is 0.446. The van der Waals surface area contributed by atoms with Gasteiger partial charge >= 0.3 is 0 Å². The van der Waals surface area contributed by atoms with E-state index >= 15 is 0 Å². The van der Waals surface area contributed by atoms with E-state index in [1.54, 1.807) is 37.4 Å². The summed E-state index contributed by atoms with van der Waals surface area (Å²) in [7, 11) is 1.55. The maximum atomic E-state index is 12.0. The minimum atomic E-state index is -0.440. The number of hydrazone groups is 1. The van der Waals surface area contributed by atoms with E-state index in [-0.39, 0.29) is 12.5 Å². The van der Waals surface area contributed by atoms with E-state index in [1.165, 1.54) is 6.21 Å². The van der Waals surface area contributed by atoms with E-state index in [0.717, 1.165) is 11.3 Å². The van der Waals surface area contributed by atoms with Gasteiger partial charge in [-0.15, -0.1) is 0 Å². The van der Waals surface area contributed by atoms with Gasteiger partial charge in [0, 0.05) is 5.56 Å². The summed E-state index contributed by atoms with van der Waals surface area (Å²) in [5, 5.41) is 6.45. The summed E-state index contributed by atoms with van der Waals surface area (Å²) in [6.45, 7) is -0.195. The molecule has 0 radical (unpaired) electrons. The Morgan fingerprint density at radius 3 is 2.37 bits per heavy atom. The number of para-hydroxylation sites is 1. The fraction of sp³-hybridized carbons (Fsp3) is 0.0870. The van der Waals surface area contributed by atoms with E-state index < -0.39 is 5.91 Å². The summed E-state index contributed by atoms with van der Waals surface area (Å²) in [5.74, 6) is 1.24. The highest BCUT2D eigenvalue weighted by Crippen LogP contribution is 2.21. The highest BCUT2D eigenvalue weighted by molar-refractivity contribution is 5.96. The first-order chi connectivity index (χ1) is 14.6. The number of carbonyl (C=O) groups excluding carboxylic acids is 2. The summed E-state index contributed by atoms with van der Waals surface area (Å²) in [4.78, 5) is 23.9. The Morgan fingerprint density at radius 1 is 0.900 bits per heavy atom. The lowest BCUT2D eigenvalue weighted by molar-refractivity contribution is -0.120. The zero-order valence-corrected chi connectivity index (χ0v) is 16.4. The van der Waals surface area contributed by atoms with Gasteiger partial charge in [-0.05, 0) is 54.1 Å². The average molecular weight is 403 g/mol. The van der Waals surface area contributed by atoms with Gasteiger partial charge in [-0.25, -0.2) is 5.43 Å². The van der Waals surface area contributed by atoms with E-state index in [1.807, 2.05) is 48.5 Å². The molecule has 0 aliphatic heterocycles. The fourth-order valence-electron chi connectivity index (χ4n) is 2.51. The van der Waals surface area contributed by atoms with Crippen molar-refractivity contribution in [2.45, 2.75) is 0 Å². The van der Waals surface area contributed by atoms with E-state index in [0.29, 0.717) is 17.1 Å². The maximum Gasteiger partial charge on any atom is 0.259 e. The van der Waals surface area contributed by atoms with Crippen LogP contribution in [0.2, 0.25) is 0 Å². The highest BCUT2D eigenvalue weighted by Gasteiger charge is 2.07. The van der Waals surface area contributed by atoms with Crippen LogP contribution in [-0.2, 0) is 4.79 Å². The second kappa shape index (κ2) is 10.4. The molecule has 0 spiro atoms. The smallest absolute Gasteiger partial charge is 0.259 e. The summed E-state index contributed by atoms with van der Waals surface area (Å²) in [6, 6.07) is 23.3. The van der Waals surface area contributed by atoms with Crippen molar-refractivity contribution < 1.29 is 19.1 Å². The number of carbonyl (C=O) groups is 2. The van der Waals surface area contributed by atoms with Crippen LogP contribution >= 0.6 is 0 Å². The lowest BCUT2D eigenvalue weighted by Crippen LogP contribution is -2.34. The van der Waals surface area contributed by atoms with Gasteiger partial charge in [-0.1, -0.05) is 30.3 Å². The summed E-state index contributed by atoms with van der Waals surface area (Å²) in [5.41, 5.74) is 3.57. The lowest BCUT2D eigenvalue weighted by Gasteiger charge is -2.06. The molecule has 152 valence electrons. The molecule has 7 nitrogen and oxygen atoms in total. The number of benzene rings is 3. The van der Waals surface area contributed by atoms with Gasteiger partial charge in [0.25, 0.3) is 11.8 Å². The molecule has 0 aliphatic carbocycles. The van der Waals surface area contributed by atoms with Gasteiger partial charge in [-0.3, -0.25) is 9.59 Å². The third-order valence-electron chi connectivity index (χ3n) is 4.00. The first-order valence-corrected chi connectivity index (χ1v) is 9.21. The molecule has 3 rings (SSSR count). The van der Waals surface area contributed by atoms with Crippen LogP contribution in [-0.4, -0.2) is 31.7 Å². The second-order valence-electron chi connectivity index (χ2n) is 6.19. The molecule has 3 aromatic rings. The molecular weight excluding hydrogens is 382 g/mol. The highest BCUT2D eigenvalue weighted by atomic mass is 16.5.